The number of anilines is 2. The van der Waals surface area contributed by atoms with Crippen molar-refractivity contribution in [3.8, 4) is 0 Å². The Hall–Kier alpha value is -4.00. The van der Waals surface area contributed by atoms with E-state index < -0.39 is 41.3 Å². The number of primary amides is 1. The molecular weight excluding hydrogens is 538 g/mol. The zero-order chi connectivity index (χ0) is 28.3. The molecule has 0 spiro atoms. The van der Waals surface area contributed by atoms with Crippen molar-refractivity contribution in [1.29, 1.82) is 0 Å². The van der Waals surface area contributed by atoms with Gasteiger partial charge in [0.25, 0.3) is 11.8 Å². The Morgan fingerprint density at radius 1 is 1.05 bits per heavy atom. The van der Waals surface area contributed by atoms with Gasteiger partial charge in [-0.1, -0.05) is 37.5 Å². The smallest absolute Gasteiger partial charge is 0.395 e. The van der Waals surface area contributed by atoms with Crippen LogP contribution < -0.4 is 21.7 Å². The first-order valence-corrected chi connectivity index (χ1v) is 12.9. The van der Waals surface area contributed by atoms with Gasteiger partial charge in [-0.3, -0.25) is 19.3 Å². The van der Waals surface area contributed by atoms with Gasteiger partial charge in [-0.15, -0.1) is 0 Å². The molecule has 2 aromatic carbocycles. The summed E-state index contributed by atoms with van der Waals surface area (Å²) >= 11 is 0.527. The predicted octanol–water partition coefficient (Wildman–Crippen LogP) is 4.82. The summed E-state index contributed by atoms with van der Waals surface area (Å²) in [6.45, 7) is 0. The molecule has 1 aliphatic carbocycles. The van der Waals surface area contributed by atoms with Crippen LogP contribution >= 0.6 is 11.5 Å². The summed E-state index contributed by atoms with van der Waals surface area (Å²) in [5.41, 5.74) is 9.33. The fraction of sp³-hybridized carbons (Fsp3) is 0.308. The topological polar surface area (TPSA) is 131 Å². The molecule has 1 unspecified atom stereocenters. The first-order valence-electron chi connectivity index (χ1n) is 12.1. The van der Waals surface area contributed by atoms with Crippen LogP contribution in [0.5, 0.6) is 0 Å². The lowest BCUT2D eigenvalue weighted by atomic mass is 9.94. The van der Waals surface area contributed by atoms with Crippen molar-refractivity contribution < 1.29 is 31.9 Å². The summed E-state index contributed by atoms with van der Waals surface area (Å²) in [7, 11) is 0. The molecule has 5 N–H and O–H groups in total. The van der Waals surface area contributed by atoms with Crippen LogP contribution in [0.2, 0.25) is 0 Å². The van der Waals surface area contributed by atoms with E-state index >= 15 is 0 Å². The summed E-state index contributed by atoms with van der Waals surface area (Å²) in [5, 5.41) is 2.91. The van der Waals surface area contributed by atoms with Crippen molar-refractivity contribution in [2.24, 2.45) is 5.73 Å². The molecule has 3 amide bonds. The van der Waals surface area contributed by atoms with Gasteiger partial charge in [-0.25, -0.2) is 4.39 Å². The van der Waals surface area contributed by atoms with Crippen LogP contribution in [-0.2, 0) is 11.0 Å². The Morgan fingerprint density at radius 2 is 1.72 bits per heavy atom. The van der Waals surface area contributed by atoms with Gasteiger partial charge in [-0.2, -0.15) is 17.5 Å². The molecular formula is C26H25F4N5O3S. The molecule has 3 aromatic rings. The Labute approximate surface area is 225 Å². The van der Waals surface area contributed by atoms with Gasteiger partial charge in [0.15, 0.2) is 5.69 Å². The van der Waals surface area contributed by atoms with Gasteiger partial charge in [0.05, 0.1) is 11.3 Å². The molecule has 8 nitrogen and oxygen atoms in total. The summed E-state index contributed by atoms with van der Waals surface area (Å²) < 4.78 is 58.6. The second kappa shape index (κ2) is 11.4. The van der Waals surface area contributed by atoms with Crippen LogP contribution in [0, 0.1) is 5.82 Å². The Bertz CT molecular complexity index is 1370. The molecule has 1 saturated carbocycles. The van der Waals surface area contributed by atoms with E-state index in [2.05, 4.69) is 9.69 Å². The first kappa shape index (κ1) is 28.0. The van der Waals surface area contributed by atoms with E-state index in [0.717, 1.165) is 54.5 Å². The number of carbonyl (C=O) groups is 3. The van der Waals surface area contributed by atoms with Crippen LogP contribution in [0.25, 0.3) is 0 Å². The Kier molecular flexibility index (Phi) is 8.19. The van der Waals surface area contributed by atoms with E-state index in [1.807, 2.05) is 0 Å². The lowest BCUT2D eigenvalue weighted by Gasteiger charge is -2.33. The van der Waals surface area contributed by atoms with Crippen molar-refractivity contribution in [3.63, 3.8) is 0 Å². The highest BCUT2D eigenvalue weighted by molar-refractivity contribution is 7.09. The van der Waals surface area contributed by atoms with Gasteiger partial charge in [0, 0.05) is 11.7 Å². The maximum atomic E-state index is 14.0. The van der Waals surface area contributed by atoms with E-state index in [-0.39, 0.29) is 33.6 Å². The largest absolute Gasteiger partial charge is 0.416 e. The monoisotopic (exact) mass is 563 g/mol. The number of amides is 3. The number of nitrogens with two attached hydrogens (primary N) is 2. The zero-order valence-electron chi connectivity index (χ0n) is 20.5. The van der Waals surface area contributed by atoms with Crippen molar-refractivity contribution >= 4 is 40.6 Å². The van der Waals surface area contributed by atoms with Crippen LogP contribution in [0.1, 0.15) is 69.4 Å². The van der Waals surface area contributed by atoms with Gasteiger partial charge in [0.2, 0.25) is 5.91 Å². The van der Waals surface area contributed by atoms with Crippen LogP contribution in [0.3, 0.4) is 0 Å². The van der Waals surface area contributed by atoms with Crippen molar-refractivity contribution in [2.75, 3.05) is 10.6 Å². The molecule has 0 aliphatic heterocycles. The molecule has 1 aliphatic rings. The number of rotatable bonds is 7. The predicted molar refractivity (Wildman–Crippen MR) is 137 cm³/mol. The Balaban J connectivity index is 1.88. The van der Waals surface area contributed by atoms with E-state index in [9.17, 15) is 31.9 Å². The van der Waals surface area contributed by atoms with Crippen LogP contribution in [0.15, 0.2) is 48.5 Å². The number of halogens is 4. The molecule has 0 bridgehead atoms. The zero-order valence-corrected chi connectivity index (χ0v) is 21.3. The second-order valence-corrected chi connectivity index (χ2v) is 9.93. The quantitative estimate of drug-likeness (QED) is 0.355. The highest BCUT2D eigenvalue weighted by Crippen LogP contribution is 2.37. The normalized spacial score (nSPS) is 15.0. The van der Waals surface area contributed by atoms with Gasteiger partial charge in [-0.05, 0) is 60.3 Å². The summed E-state index contributed by atoms with van der Waals surface area (Å²) in [4.78, 5) is 40.0. The lowest BCUT2D eigenvalue weighted by Crippen LogP contribution is -2.47. The molecule has 1 heterocycles. The minimum absolute atomic E-state index is 0.147. The number of hydrogen-bond acceptors (Lipinski definition) is 6. The number of hydrogen-bond donors (Lipinski definition) is 3. The number of alkyl halides is 3. The van der Waals surface area contributed by atoms with Crippen molar-refractivity contribution in [3.05, 3.63) is 76.0 Å². The van der Waals surface area contributed by atoms with E-state index in [0.29, 0.717) is 24.4 Å². The second-order valence-electron chi connectivity index (χ2n) is 9.16. The average Bonchev–Trinajstić information content (AvgIpc) is 3.29. The third-order valence-electron chi connectivity index (χ3n) is 6.47. The van der Waals surface area contributed by atoms with Crippen molar-refractivity contribution in [1.82, 2.24) is 9.69 Å². The number of nitrogens with zero attached hydrogens (tertiary/aromatic N) is 2. The number of benzene rings is 2. The molecule has 39 heavy (non-hydrogen) atoms. The molecule has 4 rings (SSSR count). The maximum Gasteiger partial charge on any atom is 0.416 e. The van der Waals surface area contributed by atoms with Gasteiger partial charge < -0.3 is 16.8 Å². The standard InChI is InChI=1S/C26H25F4N5O3S/c27-16-11-9-14(10-12-16)21(24(37)33-17-6-2-1-3-7-17)35(18-8-4-5-15(13-18)26(28,29)30)25(38)22-19(31)20(23(32)36)34-39-22/h4-5,8-13,17,21H,1-3,6-7,31H2,(H2,32,36)(H,33,37). The minimum Gasteiger partial charge on any atom is -0.395 e. The molecule has 206 valence electrons. The van der Waals surface area contributed by atoms with E-state index in [4.69, 9.17) is 11.5 Å². The fourth-order valence-corrected chi connectivity index (χ4v) is 5.29. The molecule has 13 heteroatoms. The maximum absolute atomic E-state index is 14.0. The highest BCUT2D eigenvalue weighted by Gasteiger charge is 2.38. The van der Waals surface area contributed by atoms with E-state index in [1.165, 1.54) is 18.2 Å². The third-order valence-corrected chi connectivity index (χ3v) is 7.32. The molecule has 1 aromatic heterocycles. The van der Waals surface area contributed by atoms with E-state index in [1.54, 1.807) is 0 Å². The fourth-order valence-electron chi connectivity index (χ4n) is 4.54. The number of nitrogens with one attached hydrogen (secondary N) is 1. The number of aromatic nitrogens is 1. The Morgan fingerprint density at radius 3 is 2.31 bits per heavy atom. The average molecular weight is 564 g/mol. The summed E-state index contributed by atoms with van der Waals surface area (Å²) in [6, 6.07) is 6.90. The summed E-state index contributed by atoms with van der Waals surface area (Å²) in [6.07, 6.45) is -0.573. The number of carbonyl (C=O) groups excluding carboxylic acids is 3. The third kappa shape index (κ3) is 6.19. The lowest BCUT2D eigenvalue weighted by molar-refractivity contribution is -0.137. The molecule has 1 fully saturated rings. The first-order chi connectivity index (χ1) is 18.5. The molecule has 0 saturated heterocycles. The SMILES string of the molecule is NC(=O)c1nsc(C(=O)N(c2cccc(C(F)(F)F)c2)C(C(=O)NC2CCCCC2)c2ccc(F)cc2)c1N. The molecule has 1 atom stereocenters. The van der Waals surface area contributed by atoms with Gasteiger partial charge >= 0.3 is 6.18 Å². The highest BCUT2D eigenvalue weighted by atomic mass is 32.1. The minimum atomic E-state index is -4.75. The number of nitrogen functional groups attached to an aromatic ring is 1. The van der Waals surface area contributed by atoms with Gasteiger partial charge in [0.1, 0.15) is 16.7 Å². The van der Waals surface area contributed by atoms with Crippen LogP contribution in [-0.4, -0.2) is 28.1 Å². The summed E-state index contributed by atoms with van der Waals surface area (Å²) in [5.74, 6) is -3.26. The van der Waals surface area contributed by atoms with Crippen LogP contribution in [0.4, 0.5) is 28.9 Å². The van der Waals surface area contributed by atoms with Crippen molar-refractivity contribution in [2.45, 2.75) is 50.4 Å². The molecule has 0 radical (unpaired) electrons.